The highest BCUT2D eigenvalue weighted by Gasteiger charge is 2.35. The summed E-state index contributed by atoms with van der Waals surface area (Å²) in [4.78, 5) is 0. The van der Waals surface area contributed by atoms with E-state index in [4.69, 9.17) is 0 Å². The minimum Gasteiger partial charge on any atom is -0.429 e. The van der Waals surface area contributed by atoms with Crippen LogP contribution in [0.4, 0.5) is 30.7 Å². The van der Waals surface area contributed by atoms with Gasteiger partial charge in [-0.2, -0.15) is 8.78 Å². The van der Waals surface area contributed by atoms with Gasteiger partial charge >= 0.3 is 6.11 Å². The van der Waals surface area contributed by atoms with E-state index in [1.54, 1.807) is 30.3 Å². The number of hydrogen-bond acceptors (Lipinski definition) is 1. The van der Waals surface area contributed by atoms with Gasteiger partial charge in [0.25, 0.3) is 0 Å². The van der Waals surface area contributed by atoms with Gasteiger partial charge in [-0.3, -0.25) is 0 Å². The highest BCUT2D eigenvalue weighted by atomic mass is 19.3. The van der Waals surface area contributed by atoms with E-state index in [1.807, 2.05) is 6.92 Å². The molecular weight excluding hydrogens is 509 g/mol. The standard InChI is InChI=1S/C30H25F7O/c1-2-3-4-5-19-10-11-20(28(34)27(19)33)8-6-18-7-9-22-15-23(13-12-21(22)14-18)30(36,37)38-24-16-25(31)29(35)26(32)17-24/h7,9-17H,2-6,8H2,1H3. The van der Waals surface area contributed by atoms with Gasteiger partial charge in [-0.25, -0.2) is 22.0 Å². The number of alkyl halides is 2. The average molecular weight is 535 g/mol. The first kappa shape index (κ1) is 27.5. The van der Waals surface area contributed by atoms with Gasteiger partial charge in [0.1, 0.15) is 5.75 Å². The molecule has 0 amide bonds. The van der Waals surface area contributed by atoms with Crippen molar-refractivity contribution < 1.29 is 35.5 Å². The first-order chi connectivity index (χ1) is 18.1. The smallest absolute Gasteiger partial charge is 0.426 e. The maximum absolute atomic E-state index is 14.7. The molecule has 0 aliphatic heterocycles. The number of rotatable bonds is 10. The van der Waals surface area contributed by atoms with E-state index in [2.05, 4.69) is 4.74 Å². The number of halogens is 7. The minimum atomic E-state index is -3.95. The summed E-state index contributed by atoms with van der Waals surface area (Å²) in [7, 11) is 0. The molecule has 0 atom stereocenters. The monoisotopic (exact) mass is 534 g/mol. The fraction of sp³-hybridized carbons (Fsp3) is 0.267. The third kappa shape index (κ3) is 6.11. The van der Waals surface area contributed by atoms with Gasteiger partial charge in [0.05, 0.1) is 5.56 Å². The van der Waals surface area contributed by atoms with Crippen molar-refractivity contribution in [3.8, 4) is 5.75 Å². The van der Waals surface area contributed by atoms with Crippen LogP contribution in [-0.4, -0.2) is 0 Å². The summed E-state index contributed by atoms with van der Waals surface area (Å²) in [6.07, 6.45) is -0.0525. The predicted molar refractivity (Wildman–Crippen MR) is 132 cm³/mol. The first-order valence-corrected chi connectivity index (χ1v) is 12.3. The van der Waals surface area contributed by atoms with Crippen LogP contribution in [0.2, 0.25) is 0 Å². The van der Waals surface area contributed by atoms with Gasteiger partial charge in [-0.1, -0.05) is 56.2 Å². The summed E-state index contributed by atoms with van der Waals surface area (Å²) >= 11 is 0. The molecule has 8 heteroatoms. The summed E-state index contributed by atoms with van der Waals surface area (Å²) < 4.78 is 103. The largest absolute Gasteiger partial charge is 0.429 e. The number of hydrogen-bond donors (Lipinski definition) is 0. The fourth-order valence-electron chi connectivity index (χ4n) is 4.29. The lowest BCUT2D eigenvalue weighted by molar-refractivity contribution is -0.185. The Balaban J connectivity index is 1.47. The maximum Gasteiger partial charge on any atom is 0.426 e. The van der Waals surface area contributed by atoms with Crippen molar-refractivity contribution in [1.82, 2.24) is 0 Å². The van der Waals surface area contributed by atoms with Crippen molar-refractivity contribution in [3.63, 3.8) is 0 Å². The summed E-state index contributed by atoms with van der Waals surface area (Å²) in [5.41, 5.74) is 0.871. The quantitative estimate of drug-likeness (QED) is 0.112. The summed E-state index contributed by atoms with van der Waals surface area (Å²) in [6.45, 7) is 2.04. The summed E-state index contributed by atoms with van der Waals surface area (Å²) in [6, 6.07) is 12.7. The van der Waals surface area contributed by atoms with E-state index in [1.165, 1.54) is 12.1 Å². The molecular formula is C30H25F7O. The molecule has 0 spiro atoms. The highest BCUT2D eigenvalue weighted by Crippen LogP contribution is 2.34. The third-order valence-corrected chi connectivity index (χ3v) is 6.42. The second-order valence-corrected chi connectivity index (χ2v) is 9.18. The maximum atomic E-state index is 14.7. The topological polar surface area (TPSA) is 9.23 Å². The Bertz CT molecular complexity index is 1430. The van der Waals surface area contributed by atoms with E-state index in [9.17, 15) is 30.7 Å². The van der Waals surface area contributed by atoms with Gasteiger partial charge in [-0.05, 0) is 65.3 Å². The Morgan fingerprint density at radius 1 is 0.632 bits per heavy atom. The average Bonchev–Trinajstić information content (AvgIpc) is 2.88. The minimum absolute atomic E-state index is 0.262. The highest BCUT2D eigenvalue weighted by molar-refractivity contribution is 5.84. The molecule has 0 unspecified atom stereocenters. The molecule has 38 heavy (non-hydrogen) atoms. The summed E-state index contributed by atoms with van der Waals surface area (Å²) in [5, 5.41) is 1.07. The lowest BCUT2D eigenvalue weighted by Gasteiger charge is -2.19. The van der Waals surface area contributed by atoms with E-state index in [-0.39, 0.29) is 12.0 Å². The van der Waals surface area contributed by atoms with E-state index < -0.39 is 46.5 Å². The third-order valence-electron chi connectivity index (χ3n) is 6.42. The second-order valence-electron chi connectivity index (χ2n) is 9.18. The number of fused-ring (bicyclic) bond motifs is 1. The normalized spacial score (nSPS) is 11.8. The van der Waals surface area contributed by atoms with Crippen molar-refractivity contribution in [2.75, 3.05) is 0 Å². The van der Waals surface area contributed by atoms with Crippen LogP contribution in [0.5, 0.6) is 5.75 Å². The molecule has 0 aromatic heterocycles. The molecule has 0 fully saturated rings. The molecule has 1 nitrogen and oxygen atoms in total. The van der Waals surface area contributed by atoms with Crippen LogP contribution in [0, 0.1) is 29.1 Å². The van der Waals surface area contributed by atoms with Crippen LogP contribution >= 0.6 is 0 Å². The summed E-state index contributed by atoms with van der Waals surface area (Å²) in [5.74, 6) is -7.58. The molecule has 4 aromatic carbocycles. The molecule has 0 heterocycles. The Hall–Kier alpha value is -3.55. The fourth-order valence-corrected chi connectivity index (χ4v) is 4.29. The zero-order valence-electron chi connectivity index (χ0n) is 20.6. The number of benzene rings is 4. The van der Waals surface area contributed by atoms with E-state index in [0.717, 1.165) is 30.9 Å². The molecule has 200 valence electrons. The van der Waals surface area contributed by atoms with Crippen LogP contribution < -0.4 is 4.74 Å². The Kier molecular flexibility index (Phi) is 8.29. The van der Waals surface area contributed by atoms with E-state index >= 15 is 0 Å². The van der Waals surface area contributed by atoms with Crippen LogP contribution in [0.3, 0.4) is 0 Å². The number of unbranched alkanes of at least 4 members (excludes halogenated alkanes) is 2. The first-order valence-electron chi connectivity index (χ1n) is 12.3. The molecule has 0 N–H and O–H groups in total. The number of ether oxygens (including phenoxy) is 1. The van der Waals surface area contributed by atoms with Crippen LogP contribution in [0.15, 0.2) is 60.7 Å². The van der Waals surface area contributed by atoms with Gasteiger partial charge in [0.15, 0.2) is 29.1 Å². The molecule has 4 rings (SSSR count). The number of aryl methyl sites for hydroxylation is 3. The second kappa shape index (κ2) is 11.5. The van der Waals surface area contributed by atoms with Crippen LogP contribution in [-0.2, 0) is 25.4 Å². The van der Waals surface area contributed by atoms with Crippen molar-refractivity contribution in [2.24, 2.45) is 0 Å². The Labute approximate surface area is 215 Å². The molecule has 0 saturated heterocycles. The molecule has 0 radical (unpaired) electrons. The van der Waals surface area contributed by atoms with Crippen molar-refractivity contribution in [3.05, 3.63) is 112 Å². The van der Waals surface area contributed by atoms with Gasteiger partial charge < -0.3 is 4.74 Å². The molecule has 0 aliphatic rings. The SMILES string of the molecule is CCCCCc1ccc(CCc2ccc3cc(C(F)(F)Oc4cc(F)c(F)c(F)c4)ccc3c2)c(F)c1F. The van der Waals surface area contributed by atoms with Gasteiger partial charge in [0.2, 0.25) is 0 Å². The lowest BCUT2D eigenvalue weighted by atomic mass is 9.98. The van der Waals surface area contributed by atoms with Crippen molar-refractivity contribution >= 4 is 10.8 Å². The molecule has 0 saturated carbocycles. The van der Waals surface area contributed by atoms with Crippen molar-refractivity contribution in [1.29, 1.82) is 0 Å². The Morgan fingerprint density at radius 2 is 1.24 bits per heavy atom. The molecule has 0 aliphatic carbocycles. The zero-order chi connectivity index (χ0) is 27.4. The molecule has 4 aromatic rings. The van der Waals surface area contributed by atoms with Gasteiger partial charge in [0, 0.05) is 12.1 Å². The molecule has 0 bridgehead atoms. The van der Waals surface area contributed by atoms with Crippen molar-refractivity contribution in [2.45, 2.75) is 51.6 Å². The van der Waals surface area contributed by atoms with Crippen LogP contribution in [0.1, 0.15) is 48.4 Å². The predicted octanol–water partition coefficient (Wildman–Crippen LogP) is 9.18. The van der Waals surface area contributed by atoms with Crippen LogP contribution in [0.25, 0.3) is 10.8 Å². The van der Waals surface area contributed by atoms with E-state index in [0.29, 0.717) is 41.3 Å². The lowest BCUT2D eigenvalue weighted by Crippen LogP contribution is -2.22. The zero-order valence-corrected chi connectivity index (χ0v) is 20.6. The van der Waals surface area contributed by atoms with Gasteiger partial charge in [-0.15, -0.1) is 0 Å². The Morgan fingerprint density at radius 3 is 1.89 bits per heavy atom.